The molecule has 0 radical (unpaired) electrons. The van der Waals surface area contributed by atoms with Crippen molar-refractivity contribution in [3.05, 3.63) is 35.5 Å². The van der Waals surface area contributed by atoms with Crippen molar-refractivity contribution in [1.82, 2.24) is 0 Å². The molecule has 1 aliphatic rings. The van der Waals surface area contributed by atoms with Gasteiger partial charge in [0.15, 0.2) is 0 Å². The highest BCUT2D eigenvalue weighted by atomic mass is 14.1. The minimum Gasteiger partial charge on any atom is -0.0839 e. The standard InChI is InChI=1S/C11H16.C2H6/c1-3-10(4-2)11-8-6-5-7-9-11;1-2/h3,6,8-9H,4-5,7H2,1-2H3;1-2H3/b10-3-;. The van der Waals surface area contributed by atoms with Crippen molar-refractivity contribution in [2.45, 2.75) is 47.0 Å². The molecule has 0 spiro atoms. The number of rotatable bonds is 2. The summed E-state index contributed by atoms with van der Waals surface area (Å²) < 4.78 is 0. The zero-order chi connectivity index (χ0) is 10.1. The molecule has 0 aromatic carbocycles. The van der Waals surface area contributed by atoms with E-state index >= 15 is 0 Å². The second kappa shape index (κ2) is 7.85. The van der Waals surface area contributed by atoms with Crippen LogP contribution in [0.5, 0.6) is 0 Å². The van der Waals surface area contributed by atoms with Gasteiger partial charge in [-0.25, -0.2) is 0 Å². The Morgan fingerprint density at radius 2 is 2.08 bits per heavy atom. The third-order valence-corrected chi connectivity index (χ3v) is 2.10. The van der Waals surface area contributed by atoms with Crippen molar-refractivity contribution in [1.29, 1.82) is 0 Å². The summed E-state index contributed by atoms with van der Waals surface area (Å²) in [7, 11) is 0. The van der Waals surface area contributed by atoms with Gasteiger partial charge in [0.2, 0.25) is 0 Å². The summed E-state index contributed by atoms with van der Waals surface area (Å²) in [4.78, 5) is 0. The van der Waals surface area contributed by atoms with Crippen LogP contribution < -0.4 is 0 Å². The highest BCUT2D eigenvalue weighted by Crippen LogP contribution is 2.19. The monoisotopic (exact) mass is 178 g/mol. The maximum absolute atomic E-state index is 2.33. The molecule has 0 aromatic heterocycles. The summed E-state index contributed by atoms with van der Waals surface area (Å²) in [6, 6.07) is 0. The molecular weight excluding hydrogens is 156 g/mol. The summed E-state index contributed by atoms with van der Waals surface area (Å²) in [5, 5.41) is 0. The fourth-order valence-electron chi connectivity index (χ4n) is 1.43. The van der Waals surface area contributed by atoms with E-state index in [1.54, 1.807) is 0 Å². The molecule has 1 rings (SSSR count). The predicted octanol–water partition coefficient (Wildman–Crippen LogP) is 4.65. The third-order valence-electron chi connectivity index (χ3n) is 2.10. The minimum absolute atomic E-state index is 1.15. The number of allylic oxidation sites excluding steroid dienone is 6. The van der Waals surface area contributed by atoms with Crippen LogP contribution in [0.15, 0.2) is 35.5 Å². The second-order valence-corrected chi connectivity index (χ2v) is 2.81. The molecule has 13 heavy (non-hydrogen) atoms. The maximum Gasteiger partial charge on any atom is -0.0271 e. The molecule has 0 bridgehead atoms. The Hall–Kier alpha value is -0.780. The van der Waals surface area contributed by atoms with E-state index in [1.807, 2.05) is 13.8 Å². The normalized spacial score (nSPS) is 16.0. The van der Waals surface area contributed by atoms with E-state index in [-0.39, 0.29) is 0 Å². The summed E-state index contributed by atoms with van der Waals surface area (Å²) >= 11 is 0. The molecule has 0 unspecified atom stereocenters. The summed E-state index contributed by atoms with van der Waals surface area (Å²) in [6.45, 7) is 8.32. The molecule has 0 N–H and O–H groups in total. The summed E-state index contributed by atoms with van der Waals surface area (Å²) in [5.41, 5.74) is 2.90. The molecule has 0 heteroatoms. The van der Waals surface area contributed by atoms with Gasteiger partial charge < -0.3 is 0 Å². The van der Waals surface area contributed by atoms with Gasteiger partial charge >= 0.3 is 0 Å². The van der Waals surface area contributed by atoms with Crippen molar-refractivity contribution in [3.8, 4) is 0 Å². The van der Waals surface area contributed by atoms with Crippen LogP contribution in [-0.2, 0) is 0 Å². The van der Waals surface area contributed by atoms with Crippen molar-refractivity contribution < 1.29 is 0 Å². The molecule has 0 fully saturated rings. The molecule has 1 aliphatic carbocycles. The van der Waals surface area contributed by atoms with Gasteiger partial charge in [-0.15, -0.1) is 0 Å². The average Bonchev–Trinajstić information content (AvgIpc) is 2.24. The number of hydrogen-bond donors (Lipinski definition) is 0. The summed E-state index contributed by atoms with van der Waals surface area (Å²) in [5.74, 6) is 0. The van der Waals surface area contributed by atoms with Gasteiger partial charge in [-0.1, -0.05) is 45.1 Å². The summed E-state index contributed by atoms with van der Waals surface area (Å²) in [6.07, 6.45) is 12.6. The largest absolute Gasteiger partial charge is 0.0839 e. The molecule has 74 valence electrons. The molecule has 0 saturated heterocycles. The van der Waals surface area contributed by atoms with E-state index < -0.39 is 0 Å². The van der Waals surface area contributed by atoms with Gasteiger partial charge in [-0.3, -0.25) is 0 Å². The first kappa shape index (κ1) is 12.2. The molecule has 0 aliphatic heterocycles. The van der Waals surface area contributed by atoms with Gasteiger partial charge in [0.25, 0.3) is 0 Å². The smallest absolute Gasteiger partial charge is 0.0271 e. The molecular formula is C13H22. The Kier molecular flexibility index (Phi) is 7.38. The Balaban J connectivity index is 0.000000671. The molecule has 0 amide bonds. The fraction of sp³-hybridized carbons (Fsp3) is 0.538. The Morgan fingerprint density at radius 1 is 1.38 bits per heavy atom. The first-order valence-electron chi connectivity index (χ1n) is 5.40. The van der Waals surface area contributed by atoms with Crippen LogP contribution in [0.2, 0.25) is 0 Å². The van der Waals surface area contributed by atoms with Crippen LogP contribution in [0.3, 0.4) is 0 Å². The Bertz CT molecular complexity index is 204. The minimum atomic E-state index is 1.15. The van der Waals surface area contributed by atoms with Gasteiger partial charge in [0.05, 0.1) is 0 Å². The Morgan fingerprint density at radius 3 is 2.46 bits per heavy atom. The van der Waals surface area contributed by atoms with Crippen molar-refractivity contribution >= 4 is 0 Å². The second-order valence-electron chi connectivity index (χ2n) is 2.81. The van der Waals surface area contributed by atoms with Crippen LogP contribution in [0.4, 0.5) is 0 Å². The van der Waals surface area contributed by atoms with E-state index in [9.17, 15) is 0 Å². The highest BCUT2D eigenvalue weighted by Gasteiger charge is 2.00. The fourth-order valence-corrected chi connectivity index (χ4v) is 1.43. The molecule has 0 nitrogen and oxygen atoms in total. The number of hydrogen-bond acceptors (Lipinski definition) is 0. The topological polar surface area (TPSA) is 0 Å². The lowest BCUT2D eigenvalue weighted by Gasteiger charge is -2.08. The van der Waals surface area contributed by atoms with E-state index in [2.05, 4.69) is 38.2 Å². The zero-order valence-corrected chi connectivity index (χ0v) is 9.43. The van der Waals surface area contributed by atoms with Gasteiger partial charge in [-0.05, 0) is 37.3 Å². The van der Waals surface area contributed by atoms with E-state index in [0.717, 1.165) is 6.42 Å². The molecule has 0 saturated carbocycles. The lowest BCUT2D eigenvalue weighted by Crippen LogP contribution is -1.88. The Labute approximate surface area is 83.0 Å². The van der Waals surface area contributed by atoms with Crippen LogP contribution in [-0.4, -0.2) is 0 Å². The SMILES string of the molecule is C/C=C(/CC)C1=CCCC=C1.CC. The van der Waals surface area contributed by atoms with Crippen LogP contribution in [0.25, 0.3) is 0 Å². The zero-order valence-electron chi connectivity index (χ0n) is 9.43. The molecule has 0 aromatic rings. The van der Waals surface area contributed by atoms with Gasteiger partial charge in [0, 0.05) is 0 Å². The quantitative estimate of drug-likeness (QED) is 0.577. The van der Waals surface area contributed by atoms with Crippen LogP contribution in [0.1, 0.15) is 47.0 Å². The van der Waals surface area contributed by atoms with E-state index in [4.69, 9.17) is 0 Å². The highest BCUT2D eigenvalue weighted by molar-refractivity contribution is 5.40. The van der Waals surface area contributed by atoms with Crippen molar-refractivity contribution in [2.75, 3.05) is 0 Å². The van der Waals surface area contributed by atoms with Crippen LogP contribution in [0, 0.1) is 0 Å². The van der Waals surface area contributed by atoms with E-state index in [0.29, 0.717) is 0 Å². The first-order chi connectivity index (χ1) is 6.38. The van der Waals surface area contributed by atoms with Gasteiger partial charge in [0.1, 0.15) is 0 Å². The third kappa shape index (κ3) is 4.12. The maximum atomic E-state index is 2.33. The van der Waals surface area contributed by atoms with Gasteiger partial charge in [-0.2, -0.15) is 0 Å². The molecule has 0 heterocycles. The molecule has 0 atom stereocenters. The lowest BCUT2D eigenvalue weighted by molar-refractivity contribution is 1.00. The average molecular weight is 178 g/mol. The van der Waals surface area contributed by atoms with E-state index in [1.165, 1.54) is 24.0 Å². The van der Waals surface area contributed by atoms with Crippen LogP contribution >= 0.6 is 0 Å². The first-order valence-corrected chi connectivity index (χ1v) is 5.40. The van der Waals surface area contributed by atoms with Crippen molar-refractivity contribution in [3.63, 3.8) is 0 Å². The lowest BCUT2D eigenvalue weighted by atomic mass is 9.98. The predicted molar refractivity (Wildman–Crippen MR) is 61.9 cm³/mol. The van der Waals surface area contributed by atoms with Crippen molar-refractivity contribution in [2.24, 2.45) is 0 Å².